The number of imide groups is 1. The van der Waals surface area contributed by atoms with Crippen molar-refractivity contribution in [2.75, 3.05) is 4.90 Å². The van der Waals surface area contributed by atoms with Crippen LogP contribution < -0.4 is 4.90 Å². The minimum atomic E-state index is -0.340. The lowest BCUT2D eigenvalue weighted by Crippen LogP contribution is -2.27. The third-order valence-corrected chi connectivity index (χ3v) is 4.69. The minimum Gasteiger partial charge on any atom is -0.268 e. The van der Waals surface area contributed by atoms with Gasteiger partial charge in [-0.15, -0.1) is 0 Å². The summed E-state index contributed by atoms with van der Waals surface area (Å²) in [5, 5.41) is -0.322. The number of allylic oxidation sites excluding steroid dienone is 1. The van der Waals surface area contributed by atoms with E-state index < -0.39 is 0 Å². The molecule has 1 aliphatic rings. The Hall–Kier alpha value is -2.40. The van der Waals surface area contributed by atoms with E-state index in [-0.39, 0.29) is 17.0 Å². The van der Waals surface area contributed by atoms with E-state index >= 15 is 0 Å². The Morgan fingerprint density at radius 1 is 1.09 bits per heavy atom. The highest BCUT2D eigenvalue weighted by molar-refractivity contribution is 8.19. The van der Waals surface area contributed by atoms with Gasteiger partial charge in [0.25, 0.3) is 11.1 Å². The van der Waals surface area contributed by atoms with Crippen molar-refractivity contribution in [1.29, 1.82) is 0 Å². The van der Waals surface area contributed by atoms with Crippen molar-refractivity contribution in [1.82, 2.24) is 0 Å². The zero-order chi connectivity index (χ0) is 16.6. The van der Waals surface area contributed by atoms with Gasteiger partial charge >= 0.3 is 0 Å². The molecule has 1 saturated heterocycles. The van der Waals surface area contributed by atoms with E-state index in [4.69, 9.17) is 0 Å². The smallest absolute Gasteiger partial charge is 0.268 e. The Morgan fingerprint density at radius 3 is 2.43 bits per heavy atom. The van der Waals surface area contributed by atoms with Gasteiger partial charge < -0.3 is 0 Å². The Kier molecular flexibility index (Phi) is 4.05. The monoisotopic (exact) mass is 327 g/mol. The van der Waals surface area contributed by atoms with Crippen LogP contribution in [-0.2, 0) is 4.79 Å². The predicted molar refractivity (Wildman–Crippen MR) is 90.6 cm³/mol. The van der Waals surface area contributed by atoms with Crippen LogP contribution in [-0.4, -0.2) is 11.1 Å². The quantitative estimate of drug-likeness (QED) is 0.746. The molecule has 116 valence electrons. The molecular weight excluding hydrogens is 313 g/mol. The SMILES string of the molecule is C/C(=C1/SC(=O)N(c2cccc(C)c2)C1=O)c1ccc(F)cc1. The van der Waals surface area contributed by atoms with Crippen LogP contribution in [0.3, 0.4) is 0 Å². The topological polar surface area (TPSA) is 37.4 Å². The molecule has 0 saturated carbocycles. The van der Waals surface area contributed by atoms with Crippen LogP contribution in [0.5, 0.6) is 0 Å². The molecule has 23 heavy (non-hydrogen) atoms. The summed E-state index contributed by atoms with van der Waals surface area (Å²) in [6, 6.07) is 13.1. The lowest BCUT2D eigenvalue weighted by molar-refractivity contribution is -0.113. The van der Waals surface area contributed by atoms with Gasteiger partial charge in [0, 0.05) is 0 Å². The van der Waals surface area contributed by atoms with Crippen LogP contribution >= 0.6 is 11.8 Å². The predicted octanol–water partition coefficient (Wildman–Crippen LogP) is 4.77. The van der Waals surface area contributed by atoms with Gasteiger partial charge in [-0.2, -0.15) is 0 Å². The zero-order valence-corrected chi connectivity index (χ0v) is 13.5. The maximum Gasteiger partial charge on any atom is 0.298 e. The van der Waals surface area contributed by atoms with Gasteiger partial charge in [0.2, 0.25) is 0 Å². The van der Waals surface area contributed by atoms with Gasteiger partial charge in [-0.25, -0.2) is 9.29 Å². The minimum absolute atomic E-state index is 0.322. The first-order chi connectivity index (χ1) is 11.0. The van der Waals surface area contributed by atoms with Crippen molar-refractivity contribution in [2.24, 2.45) is 0 Å². The van der Waals surface area contributed by atoms with Gasteiger partial charge in [0.15, 0.2) is 0 Å². The first-order valence-electron chi connectivity index (χ1n) is 7.07. The molecule has 1 aliphatic heterocycles. The molecule has 0 spiro atoms. The second kappa shape index (κ2) is 6.01. The maximum atomic E-state index is 13.0. The molecule has 1 heterocycles. The van der Waals surface area contributed by atoms with E-state index in [0.29, 0.717) is 16.2 Å². The lowest BCUT2D eigenvalue weighted by Gasteiger charge is -2.13. The standard InChI is InChI=1S/C18H14FNO2S/c1-11-4-3-5-15(10-11)20-17(21)16(23-18(20)22)12(2)13-6-8-14(19)9-7-13/h3-10H,1-2H3/b16-12-. The number of rotatable bonds is 2. The molecule has 0 aliphatic carbocycles. The van der Waals surface area contributed by atoms with E-state index in [1.54, 1.807) is 31.2 Å². The summed E-state index contributed by atoms with van der Waals surface area (Å²) in [5.41, 5.74) is 2.93. The molecule has 5 heteroatoms. The zero-order valence-electron chi connectivity index (χ0n) is 12.7. The number of anilines is 1. The number of nitrogens with zero attached hydrogens (tertiary/aromatic N) is 1. The summed E-state index contributed by atoms with van der Waals surface area (Å²) in [6.07, 6.45) is 0. The number of carbonyl (C=O) groups is 2. The third kappa shape index (κ3) is 2.92. The van der Waals surface area contributed by atoms with Crippen molar-refractivity contribution >= 4 is 34.2 Å². The summed E-state index contributed by atoms with van der Waals surface area (Å²) in [7, 11) is 0. The second-order valence-corrected chi connectivity index (χ2v) is 6.27. The molecule has 0 radical (unpaired) electrons. The second-order valence-electron chi connectivity index (χ2n) is 5.31. The van der Waals surface area contributed by atoms with Crippen LogP contribution in [0.15, 0.2) is 53.4 Å². The fourth-order valence-corrected chi connectivity index (χ4v) is 3.32. The molecule has 2 amide bonds. The van der Waals surface area contributed by atoms with Gasteiger partial charge in [-0.05, 0) is 66.6 Å². The van der Waals surface area contributed by atoms with Crippen LogP contribution in [0.4, 0.5) is 14.9 Å². The van der Waals surface area contributed by atoms with E-state index in [1.165, 1.54) is 17.0 Å². The summed E-state index contributed by atoms with van der Waals surface area (Å²) in [6.45, 7) is 3.67. The molecule has 0 atom stereocenters. The summed E-state index contributed by atoms with van der Waals surface area (Å²) < 4.78 is 13.0. The van der Waals surface area contributed by atoms with E-state index in [1.807, 2.05) is 19.1 Å². The molecule has 1 fully saturated rings. The van der Waals surface area contributed by atoms with E-state index in [0.717, 1.165) is 22.9 Å². The summed E-state index contributed by atoms with van der Waals surface area (Å²) in [5.74, 6) is -0.679. The molecule has 2 aromatic carbocycles. The first kappa shape index (κ1) is 15.5. The summed E-state index contributed by atoms with van der Waals surface area (Å²) >= 11 is 0.913. The molecule has 0 aromatic heterocycles. The number of benzene rings is 2. The van der Waals surface area contributed by atoms with Crippen molar-refractivity contribution in [3.05, 3.63) is 70.4 Å². The first-order valence-corrected chi connectivity index (χ1v) is 7.89. The fraction of sp³-hybridized carbons (Fsp3) is 0.111. The molecule has 3 nitrogen and oxygen atoms in total. The molecular formula is C18H14FNO2S. The van der Waals surface area contributed by atoms with Gasteiger partial charge in [-0.3, -0.25) is 9.59 Å². The number of hydrogen-bond donors (Lipinski definition) is 0. The van der Waals surface area contributed by atoms with Crippen molar-refractivity contribution in [3.8, 4) is 0 Å². The number of hydrogen-bond acceptors (Lipinski definition) is 3. The van der Waals surface area contributed by atoms with Gasteiger partial charge in [0.05, 0.1) is 10.6 Å². The molecule has 0 N–H and O–H groups in total. The Bertz CT molecular complexity index is 827. The lowest BCUT2D eigenvalue weighted by atomic mass is 10.1. The molecule has 3 rings (SSSR count). The van der Waals surface area contributed by atoms with Crippen molar-refractivity contribution in [3.63, 3.8) is 0 Å². The van der Waals surface area contributed by atoms with Gasteiger partial charge in [0.1, 0.15) is 5.82 Å². The summed E-state index contributed by atoms with van der Waals surface area (Å²) in [4.78, 5) is 26.5. The average molecular weight is 327 g/mol. The number of amides is 2. The maximum absolute atomic E-state index is 13.0. The number of carbonyl (C=O) groups excluding carboxylic acids is 2. The highest BCUT2D eigenvalue weighted by Crippen LogP contribution is 2.38. The van der Waals surface area contributed by atoms with Crippen LogP contribution in [0, 0.1) is 12.7 Å². The Morgan fingerprint density at radius 2 is 1.78 bits per heavy atom. The van der Waals surface area contributed by atoms with Crippen LogP contribution in [0.2, 0.25) is 0 Å². The van der Waals surface area contributed by atoms with Crippen LogP contribution in [0.1, 0.15) is 18.1 Å². The number of thioether (sulfide) groups is 1. The highest BCUT2D eigenvalue weighted by Gasteiger charge is 2.37. The fourth-order valence-electron chi connectivity index (χ4n) is 2.42. The molecule has 0 bridgehead atoms. The normalized spacial score (nSPS) is 16.9. The Labute approximate surface area is 137 Å². The van der Waals surface area contributed by atoms with E-state index in [2.05, 4.69) is 0 Å². The number of halogens is 1. The average Bonchev–Trinajstić information content (AvgIpc) is 2.82. The third-order valence-electron chi connectivity index (χ3n) is 3.65. The largest absolute Gasteiger partial charge is 0.298 e. The van der Waals surface area contributed by atoms with Gasteiger partial charge in [-0.1, -0.05) is 24.3 Å². The Balaban J connectivity index is 2.00. The highest BCUT2D eigenvalue weighted by atomic mass is 32.2. The van der Waals surface area contributed by atoms with Crippen LogP contribution in [0.25, 0.3) is 5.57 Å². The van der Waals surface area contributed by atoms with Crippen molar-refractivity contribution < 1.29 is 14.0 Å². The van der Waals surface area contributed by atoms with E-state index in [9.17, 15) is 14.0 Å². The molecule has 0 unspecified atom stereocenters. The van der Waals surface area contributed by atoms with Crippen molar-refractivity contribution in [2.45, 2.75) is 13.8 Å². The number of aryl methyl sites for hydroxylation is 1. The molecule has 2 aromatic rings.